The fourth-order valence-electron chi connectivity index (χ4n) is 4.43. The van der Waals surface area contributed by atoms with Crippen molar-refractivity contribution in [2.45, 2.75) is 26.7 Å². The zero-order valence-electron chi connectivity index (χ0n) is 15.9. The van der Waals surface area contributed by atoms with Crippen LogP contribution in [0.15, 0.2) is 60.7 Å². The maximum Gasteiger partial charge on any atom is 0.165 e. The summed E-state index contributed by atoms with van der Waals surface area (Å²) in [5.74, 6) is 0.179. The predicted octanol–water partition coefficient (Wildman–Crippen LogP) is 6.86. The number of ketones is 1. The molecule has 0 saturated carbocycles. The van der Waals surface area contributed by atoms with E-state index in [2.05, 4.69) is 38.1 Å². The van der Waals surface area contributed by atoms with Gasteiger partial charge < -0.3 is 0 Å². The van der Waals surface area contributed by atoms with Crippen molar-refractivity contribution in [3.63, 3.8) is 0 Å². The first-order valence-corrected chi connectivity index (χ1v) is 9.94. The molecule has 2 nitrogen and oxygen atoms in total. The van der Waals surface area contributed by atoms with Crippen molar-refractivity contribution in [3.05, 3.63) is 76.9 Å². The summed E-state index contributed by atoms with van der Waals surface area (Å²) in [6.07, 6.45) is 1.34. The molecule has 0 N–H and O–H groups in total. The number of pyridine rings is 1. The molecule has 5 rings (SSSR count). The zero-order chi connectivity index (χ0) is 19.5. The molecule has 0 atom stereocenters. The number of fused-ring (bicyclic) bond motifs is 4. The molecule has 0 fully saturated rings. The molecule has 0 aliphatic heterocycles. The largest absolute Gasteiger partial charge is 0.294 e. The van der Waals surface area contributed by atoms with E-state index in [1.54, 1.807) is 0 Å². The standard InChI is InChI=1S/C25H20ClNO/c1-25(2)13-20-23(21(28)14-25)22(16-7-10-17(26)11-8-16)19-12-9-15-5-3-4-6-18(15)24(19)27-20/h3-12H,13-14H2,1-2H3. The molecule has 0 amide bonds. The Labute approximate surface area is 169 Å². The second-order valence-corrected chi connectivity index (χ2v) is 8.88. The van der Waals surface area contributed by atoms with Crippen LogP contribution >= 0.6 is 11.6 Å². The summed E-state index contributed by atoms with van der Waals surface area (Å²) in [6, 6.07) is 20.3. The molecule has 0 spiro atoms. The molecule has 0 radical (unpaired) electrons. The number of aromatic nitrogens is 1. The Morgan fingerprint density at radius 1 is 0.857 bits per heavy atom. The van der Waals surface area contributed by atoms with Gasteiger partial charge in [-0.2, -0.15) is 0 Å². The van der Waals surface area contributed by atoms with Gasteiger partial charge in [0.05, 0.1) is 11.2 Å². The summed E-state index contributed by atoms with van der Waals surface area (Å²) >= 11 is 6.13. The molecule has 1 aliphatic carbocycles. The first kappa shape index (κ1) is 17.4. The summed E-state index contributed by atoms with van der Waals surface area (Å²) < 4.78 is 0. The first-order chi connectivity index (χ1) is 13.4. The molecule has 0 saturated heterocycles. The van der Waals surface area contributed by atoms with E-state index in [-0.39, 0.29) is 11.2 Å². The Kier molecular flexibility index (Phi) is 3.82. The quantitative estimate of drug-likeness (QED) is 0.335. The lowest BCUT2D eigenvalue weighted by Crippen LogP contribution is -2.28. The summed E-state index contributed by atoms with van der Waals surface area (Å²) in [4.78, 5) is 18.3. The van der Waals surface area contributed by atoms with Crippen LogP contribution in [0, 0.1) is 5.41 Å². The van der Waals surface area contributed by atoms with E-state index < -0.39 is 0 Å². The summed E-state index contributed by atoms with van der Waals surface area (Å²) in [6.45, 7) is 4.29. The minimum atomic E-state index is -0.0768. The van der Waals surface area contributed by atoms with Gasteiger partial charge in [0.1, 0.15) is 0 Å². The fraction of sp³-hybridized carbons (Fsp3) is 0.200. The van der Waals surface area contributed by atoms with E-state index >= 15 is 0 Å². The monoisotopic (exact) mass is 385 g/mol. The molecule has 3 heteroatoms. The maximum atomic E-state index is 13.2. The van der Waals surface area contributed by atoms with Crippen molar-refractivity contribution in [2.75, 3.05) is 0 Å². The number of hydrogen-bond acceptors (Lipinski definition) is 2. The highest BCUT2D eigenvalue weighted by molar-refractivity contribution is 6.30. The van der Waals surface area contributed by atoms with Crippen LogP contribution in [0.5, 0.6) is 0 Å². The van der Waals surface area contributed by atoms with Gasteiger partial charge in [-0.3, -0.25) is 9.78 Å². The van der Waals surface area contributed by atoms with Crippen LogP contribution in [0.25, 0.3) is 32.8 Å². The Balaban J connectivity index is 1.95. The summed E-state index contributed by atoms with van der Waals surface area (Å²) in [7, 11) is 0. The lowest BCUT2D eigenvalue weighted by Gasteiger charge is -2.31. The smallest absolute Gasteiger partial charge is 0.165 e. The highest BCUT2D eigenvalue weighted by atomic mass is 35.5. The second-order valence-electron chi connectivity index (χ2n) is 8.44. The number of rotatable bonds is 1. The third kappa shape index (κ3) is 2.71. The molecule has 0 unspecified atom stereocenters. The normalized spacial score (nSPS) is 15.8. The summed E-state index contributed by atoms with van der Waals surface area (Å²) in [5.41, 5.74) is 4.58. The predicted molar refractivity (Wildman–Crippen MR) is 116 cm³/mol. The molecule has 138 valence electrons. The number of carbonyl (C=O) groups is 1. The van der Waals surface area contributed by atoms with Gasteiger partial charge in [-0.25, -0.2) is 0 Å². The third-order valence-corrected chi connectivity index (χ3v) is 5.90. The average Bonchev–Trinajstić information content (AvgIpc) is 2.66. The SMILES string of the molecule is CC1(C)CC(=O)c2c(nc3c(ccc4ccccc43)c2-c2ccc(Cl)cc2)C1. The van der Waals surface area contributed by atoms with E-state index in [1.165, 1.54) is 0 Å². The zero-order valence-corrected chi connectivity index (χ0v) is 16.7. The van der Waals surface area contributed by atoms with Gasteiger partial charge in [0.15, 0.2) is 5.78 Å². The van der Waals surface area contributed by atoms with Crippen LogP contribution in [0.1, 0.15) is 36.3 Å². The maximum absolute atomic E-state index is 13.2. The van der Waals surface area contributed by atoms with Crippen LogP contribution < -0.4 is 0 Å². The van der Waals surface area contributed by atoms with Crippen LogP contribution in [0.2, 0.25) is 5.02 Å². The van der Waals surface area contributed by atoms with Gasteiger partial charge >= 0.3 is 0 Å². The first-order valence-electron chi connectivity index (χ1n) is 9.56. The van der Waals surface area contributed by atoms with Crippen molar-refractivity contribution < 1.29 is 4.79 Å². The lowest BCUT2D eigenvalue weighted by atomic mass is 9.73. The molecule has 1 aliphatic rings. The second kappa shape index (κ2) is 6.15. The molecule has 0 bridgehead atoms. The molecule has 28 heavy (non-hydrogen) atoms. The molecule has 1 aromatic heterocycles. The topological polar surface area (TPSA) is 30.0 Å². The number of benzene rings is 3. The Morgan fingerprint density at radius 2 is 1.61 bits per heavy atom. The number of Topliss-reactive ketones (excluding diaryl/α,β-unsaturated/α-hetero) is 1. The van der Waals surface area contributed by atoms with Crippen LogP contribution in [0.4, 0.5) is 0 Å². The van der Waals surface area contributed by atoms with Crippen molar-refractivity contribution in [1.29, 1.82) is 0 Å². The third-order valence-electron chi connectivity index (χ3n) is 5.65. The lowest BCUT2D eigenvalue weighted by molar-refractivity contribution is 0.0911. The minimum Gasteiger partial charge on any atom is -0.294 e. The Morgan fingerprint density at radius 3 is 2.39 bits per heavy atom. The fourth-order valence-corrected chi connectivity index (χ4v) is 4.56. The number of halogens is 1. The molecule has 1 heterocycles. The summed E-state index contributed by atoms with van der Waals surface area (Å²) in [5, 5.41) is 3.99. The van der Waals surface area contributed by atoms with E-state index in [0.717, 1.165) is 50.5 Å². The van der Waals surface area contributed by atoms with E-state index in [9.17, 15) is 4.79 Å². The van der Waals surface area contributed by atoms with Crippen LogP contribution in [-0.2, 0) is 6.42 Å². The van der Waals surface area contributed by atoms with Gasteiger partial charge in [0, 0.05) is 33.3 Å². The van der Waals surface area contributed by atoms with Crippen LogP contribution in [-0.4, -0.2) is 10.8 Å². The molecular formula is C25H20ClNO. The van der Waals surface area contributed by atoms with Gasteiger partial charge in [0.2, 0.25) is 0 Å². The van der Waals surface area contributed by atoms with E-state index in [0.29, 0.717) is 11.4 Å². The van der Waals surface area contributed by atoms with Crippen molar-refractivity contribution in [2.24, 2.45) is 5.41 Å². The van der Waals surface area contributed by atoms with Gasteiger partial charge in [-0.1, -0.05) is 74.0 Å². The van der Waals surface area contributed by atoms with E-state index in [4.69, 9.17) is 16.6 Å². The average molecular weight is 386 g/mol. The van der Waals surface area contributed by atoms with Gasteiger partial charge in [0.25, 0.3) is 0 Å². The van der Waals surface area contributed by atoms with Gasteiger partial charge in [-0.05, 0) is 34.9 Å². The highest BCUT2D eigenvalue weighted by Crippen LogP contribution is 2.42. The van der Waals surface area contributed by atoms with Crippen molar-refractivity contribution >= 4 is 39.1 Å². The van der Waals surface area contributed by atoms with Crippen molar-refractivity contribution in [1.82, 2.24) is 4.98 Å². The molecular weight excluding hydrogens is 366 g/mol. The molecule has 4 aromatic rings. The number of hydrogen-bond donors (Lipinski definition) is 0. The Hall–Kier alpha value is -2.71. The highest BCUT2D eigenvalue weighted by Gasteiger charge is 2.35. The van der Waals surface area contributed by atoms with Crippen LogP contribution in [0.3, 0.4) is 0 Å². The molecule has 3 aromatic carbocycles. The number of carbonyl (C=O) groups excluding carboxylic acids is 1. The van der Waals surface area contributed by atoms with E-state index in [1.807, 2.05) is 36.4 Å². The van der Waals surface area contributed by atoms with Crippen molar-refractivity contribution in [3.8, 4) is 11.1 Å². The number of nitrogens with zero attached hydrogens (tertiary/aromatic N) is 1. The Bertz CT molecular complexity index is 1260. The minimum absolute atomic E-state index is 0.0768. The van der Waals surface area contributed by atoms with Gasteiger partial charge in [-0.15, -0.1) is 0 Å².